The lowest BCUT2D eigenvalue weighted by Crippen LogP contribution is -2.27. The Kier molecular flexibility index (Phi) is 13.9. The summed E-state index contributed by atoms with van der Waals surface area (Å²) in [5, 5.41) is 22.4. The van der Waals surface area contributed by atoms with E-state index in [1.165, 1.54) is 57.8 Å². The van der Waals surface area contributed by atoms with Gasteiger partial charge in [-0.2, -0.15) is 0 Å². The van der Waals surface area contributed by atoms with Crippen molar-refractivity contribution in [1.82, 2.24) is 0 Å². The molecule has 0 saturated heterocycles. The van der Waals surface area contributed by atoms with E-state index >= 15 is 0 Å². The number of unbranched alkanes of at least 4 members (excludes halogenated alkanes) is 9. The molecule has 0 aliphatic carbocycles. The summed E-state index contributed by atoms with van der Waals surface area (Å²) in [7, 11) is 0. The Bertz CT molecular complexity index is 460. The van der Waals surface area contributed by atoms with Crippen LogP contribution in [0.25, 0.3) is 0 Å². The third-order valence-corrected chi connectivity index (χ3v) is 5.86. The van der Waals surface area contributed by atoms with E-state index in [4.69, 9.17) is 11.6 Å². The van der Waals surface area contributed by atoms with Crippen LogP contribution >= 0.6 is 11.6 Å². The van der Waals surface area contributed by atoms with Gasteiger partial charge in [0.25, 0.3) is 0 Å². The molecule has 0 bridgehead atoms. The summed E-state index contributed by atoms with van der Waals surface area (Å²) in [5.41, 5.74) is 0.861. The molecule has 1 aromatic rings. The zero-order valence-electron chi connectivity index (χ0n) is 17.5. The first-order valence-corrected chi connectivity index (χ1v) is 11.6. The third-order valence-electron chi connectivity index (χ3n) is 5.61. The Hall–Kier alpha value is -0.570. The van der Waals surface area contributed by atoms with Gasteiger partial charge in [0.2, 0.25) is 0 Å². The fraction of sp³-hybridized carbons (Fsp3) is 0.750. The molecule has 1 rings (SSSR count). The summed E-state index contributed by atoms with van der Waals surface area (Å²) in [4.78, 5) is 0. The molecule has 2 N–H and O–H groups in total. The zero-order valence-corrected chi connectivity index (χ0v) is 18.3. The van der Waals surface area contributed by atoms with Gasteiger partial charge in [-0.1, -0.05) is 108 Å². The zero-order chi connectivity index (χ0) is 19.9. The maximum absolute atomic E-state index is 10.9. The molecule has 1 aromatic carbocycles. The number of aliphatic hydroxyl groups excluding tert-OH is 2. The normalized spacial score (nSPS) is 14.9. The van der Waals surface area contributed by atoms with Gasteiger partial charge in [0.1, 0.15) is 0 Å². The highest BCUT2D eigenvalue weighted by molar-refractivity contribution is 6.30. The van der Waals surface area contributed by atoms with Crippen LogP contribution in [0.2, 0.25) is 5.02 Å². The summed E-state index contributed by atoms with van der Waals surface area (Å²) in [6.07, 6.45) is 13.9. The van der Waals surface area contributed by atoms with Crippen LogP contribution in [0.3, 0.4) is 0 Å². The first-order valence-electron chi connectivity index (χ1n) is 11.2. The largest absolute Gasteiger partial charge is 0.393 e. The Morgan fingerprint density at radius 1 is 0.704 bits per heavy atom. The van der Waals surface area contributed by atoms with E-state index in [1.807, 2.05) is 24.3 Å². The highest BCUT2D eigenvalue weighted by Gasteiger charge is 2.27. The molecule has 0 heterocycles. The molecule has 0 fully saturated rings. The summed E-state index contributed by atoms with van der Waals surface area (Å²) in [5.74, 6) is -0.0940. The molecule has 3 atom stereocenters. The predicted octanol–water partition coefficient (Wildman–Crippen LogP) is 7.46. The summed E-state index contributed by atoms with van der Waals surface area (Å²) < 4.78 is 0. The molecule has 0 radical (unpaired) electrons. The average molecular weight is 397 g/mol. The average Bonchev–Trinajstić information content (AvgIpc) is 2.67. The first-order chi connectivity index (χ1) is 13.1. The molecule has 156 valence electrons. The Balaban J connectivity index is 2.56. The maximum Gasteiger partial charge on any atom is 0.0842 e. The Morgan fingerprint density at radius 3 is 1.74 bits per heavy atom. The SMILES string of the molecule is CCCCCCCC[C@@H](O)[C@H](CCCCCCC)[C@H](O)c1ccc(Cl)cc1. The Morgan fingerprint density at radius 2 is 1.19 bits per heavy atom. The van der Waals surface area contributed by atoms with Crippen LogP contribution in [0.15, 0.2) is 24.3 Å². The summed E-state index contributed by atoms with van der Waals surface area (Å²) in [6.45, 7) is 4.45. The van der Waals surface area contributed by atoms with Crippen LogP contribution in [-0.2, 0) is 0 Å². The molecule has 0 amide bonds. The lowest BCUT2D eigenvalue weighted by atomic mass is 9.84. The second kappa shape index (κ2) is 15.4. The standard InChI is InChI=1S/C24H41ClO2/c1-3-5-7-9-11-13-15-23(26)22(14-12-10-8-6-4-2)24(27)20-16-18-21(25)19-17-20/h16-19,22-24,26-27H,3-15H2,1-2H3/t22-,23+,24+/m0/s1. The number of rotatable bonds is 16. The molecule has 2 nitrogen and oxygen atoms in total. The molecule has 0 aliphatic rings. The number of benzene rings is 1. The molecular weight excluding hydrogens is 356 g/mol. The van der Waals surface area contributed by atoms with Crippen LogP contribution in [-0.4, -0.2) is 16.3 Å². The number of halogens is 1. The van der Waals surface area contributed by atoms with E-state index in [0.29, 0.717) is 5.02 Å². The van der Waals surface area contributed by atoms with E-state index in [-0.39, 0.29) is 5.92 Å². The topological polar surface area (TPSA) is 40.5 Å². The smallest absolute Gasteiger partial charge is 0.0842 e. The molecule has 0 unspecified atom stereocenters. The van der Waals surface area contributed by atoms with E-state index in [1.54, 1.807) is 0 Å². The minimum absolute atomic E-state index is 0.0940. The van der Waals surface area contributed by atoms with Crippen LogP contribution in [0.1, 0.15) is 109 Å². The highest BCUT2D eigenvalue weighted by Crippen LogP contribution is 2.32. The molecule has 0 aromatic heterocycles. The van der Waals surface area contributed by atoms with Crippen molar-refractivity contribution in [3.8, 4) is 0 Å². The molecule has 3 heteroatoms. The van der Waals surface area contributed by atoms with Gasteiger partial charge < -0.3 is 10.2 Å². The van der Waals surface area contributed by atoms with Crippen molar-refractivity contribution in [2.75, 3.05) is 0 Å². The van der Waals surface area contributed by atoms with Crippen molar-refractivity contribution in [3.05, 3.63) is 34.9 Å². The van der Waals surface area contributed by atoms with Gasteiger partial charge in [0.05, 0.1) is 12.2 Å². The van der Waals surface area contributed by atoms with Crippen molar-refractivity contribution in [2.45, 2.75) is 110 Å². The monoisotopic (exact) mass is 396 g/mol. The van der Waals surface area contributed by atoms with Crippen molar-refractivity contribution in [3.63, 3.8) is 0 Å². The van der Waals surface area contributed by atoms with Crippen molar-refractivity contribution in [1.29, 1.82) is 0 Å². The first kappa shape index (κ1) is 24.5. The summed E-state index contributed by atoms with van der Waals surface area (Å²) >= 11 is 5.98. The van der Waals surface area contributed by atoms with Crippen molar-refractivity contribution < 1.29 is 10.2 Å². The number of hydrogen-bond donors (Lipinski definition) is 2. The van der Waals surface area contributed by atoms with Gasteiger partial charge in [-0.05, 0) is 30.5 Å². The summed E-state index contributed by atoms with van der Waals surface area (Å²) in [6, 6.07) is 7.40. The highest BCUT2D eigenvalue weighted by atomic mass is 35.5. The van der Waals surface area contributed by atoms with Crippen LogP contribution in [0.4, 0.5) is 0 Å². The molecule has 0 saturated carbocycles. The number of hydrogen-bond acceptors (Lipinski definition) is 2. The van der Waals surface area contributed by atoms with Crippen LogP contribution < -0.4 is 0 Å². The maximum atomic E-state index is 10.9. The lowest BCUT2D eigenvalue weighted by molar-refractivity contribution is 0.000237. The van der Waals surface area contributed by atoms with Gasteiger partial charge in [-0.3, -0.25) is 0 Å². The van der Waals surface area contributed by atoms with Gasteiger partial charge in [-0.25, -0.2) is 0 Å². The quantitative estimate of drug-likeness (QED) is 0.284. The third kappa shape index (κ3) is 10.5. The van der Waals surface area contributed by atoms with Crippen molar-refractivity contribution >= 4 is 11.6 Å². The van der Waals surface area contributed by atoms with E-state index in [0.717, 1.165) is 31.2 Å². The minimum Gasteiger partial charge on any atom is -0.393 e. The van der Waals surface area contributed by atoms with Crippen molar-refractivity contribution in [2.24, 2.45) is 5.92 Å². The fourth-order valence-electron chi connectivity index (χ4n) is 3.80. The molecular formula is C24H41ClO2. The molecule has 27 heavy (non-hydrogen) atoms. The lowest BCUT2D eigenvalue weighted by Gasteiger charge is -2.28. The minimum atomic E-state index is -0.622. The Labute approximate surface area is 172 Å². The fourth-order valence-corrected chi connectivity index (χ4v) is 3.93. The van der Waals surface area contributed by atoms with E-state index in [9.17, 15) is 10.2 Å². The van der Waals surface area contributed by atoms with Gasteiger partial charge >= 0.3 is 0 Å². The van der Waals surface area contributed by atoms with E-state index in [2.05, 4.69) is 13.8 Å². The molecule has 0 aliphatic heterocycles. The van der Waals surface area contributed by atoms with Gasteiger partial charge in [0, 0.05) is 10.9 Å². The van der Waals surface area contributed by atoms with Gasteiger partial charge in [-0.15, -0.1) is 0 Å². The number of aliphatic hydroxyl groups is 2. The molecule has 0 spiro atoms. The second-order valence-corrected chi connectivity index (χ2v) is 8.42. The second-order valence-electron chi connectivity index (χ2n) is 7.99. The van der Waals surface area contributed by atoms with Crippen LogP contribution in [0.5, 0.6) is 0 Å². The van der Waals surface area contributed by atoms with Crippen LogP contribution in [0, 0.1) is 5.92 Å². The van der Waals surface area contributed by atoms with E-state index < -0.39 is 12.2 Å². The predicted molar refractivity (Wildman–Crippen MR) is 117 cm³/mol. The van der Waals surface area contributed by atoms with Gasteiger partial charge in [0.15, 0.2) is 0 Å².